The maximum Gasteiger partial charge on any atom is 0.307 e. The molecule has 15 nitrogen and oxygen atoms in total. The van der Waals surface area contributed by atoms with Crippen LogP contribution in [-0.2, 0) is 57.2 Å². The molecule has 0 N–H and O–H groups in total. The van der Waals surface area contributed by atoms with Gasteiger partial charge in [-0.05, 0) is 88.3 Å². The lowest BCUT2D eigenvalue weighted by molar-refractivity contribution is -0.164. The van der Waals surface area contributed by atoms with E-state index in [-0.39, 0.29) is 118 Å². The molecule has 0 aromatic heterocycles. The first-order valence-electron chi connectivity index (χ1n) is 27.8. The highest BCUT2D eigenvalue weighted by Crippen LogP contribution is 2.33. The Labute approximate surface area is 453 Å². The first-order valence-corrected chi connectivity index (χ1v) is 28.8. The van der Waals surface area contributed by atoms with Crippen molar-refractivity contribution in [3.63, 3.8) is 0 Å². The molecule has 0 aromatic rings. The number of carbonyl (C=O) groups excluding carboxylic acids is 7. The molecule has 0 rings (SSSR count). The fourth-order valence-corrected chi connectivity index (χ4v) is 8.86. The molecule has 1 amide bonds. The van der Waals surface area contributed by atoms with Gasteiger partial charge in [0, 0.05) is 18.8 Å². The lowest BCUT2D eigenvalue weighted by Crippen LogP contribution is -2.39. The number of hydrogen-bond donors (Lipinski definition) is 0. The second-order valence-corrected chi connectivity index (χ2v) is 26.2. The highest BCUT2D eigenvalue weighted by atomic mass is 32.2. The van der Waals surface area contributed by atoms with Crippen molar-refractivity contribution in [1.82, 2.24) is 9.80 Å². The van der Waals surface area contributed by atoms with Gasteiger partial charge in [-0.2, -0.15) is 0 Å². The molecule has 0 heterocycles. The molecule has 16 heteroatoms. The van der Waals surface area contributed by atoms with Crippen LogP contribution in [0, 0.1) is 32.5 Å². The average Bonchev–Trinajstić information content (AvgIpc) is 3.31. The van der Waals surface area contributed by atoms with Crippen molar-refractivity contribution < 1.29 is 62.0 Å². The van der Waals surface area contributed by atoms with E-state index in [1.165, 1.54) is 4.90 Å². The number of esters is 6. The van der Waals surface area contributed by atoms with Crippen LogP contribution in [0.5, 0.6) is 0 Å². The van der Waals surface area contributed by atoms with Gasteiger partial charge in [0.25, 0.3) is 5.24 Å². The summed E-state index contributed by atoms with van der Waals surface area (Å²) in [6.45, 7) is 27.7. The molecule has 0 unspecified atom stereocenters. The van der Waals surface area contributed by atoms with Gasteiger partial charge in [-0.15, -0.1) is 0 Å². The first kappa shape index (κ1) is 70.6. The van der Waals surface area contributed by atoms with Gasteiger partial charge >= 0.3 is 35.8 Å². The lowest BCUT2D eigenvalue weighted by Gasteiger charge is -2.30. The Morgan fingerprint density at radius 2 is 0.635 bits per heavy atom. The predicted molar refractivity (Wildman–Crippen MR) is 295 cm³/mol. The lowest BCUT2D eigenvalue weighted by atomic mass is 9.84. The molecular formula is C58H106N2O13S. The van der Waals surface area contributed by atoms with Gasteiger partial charge in [0.15, 0.2) is 0 Å². The molecule has 0 spiro atoms. The first-order chi connectivity index (χ1) is 34.3. The summed E-state index contributed by atoms with van der Waals surface area (Å²) in [7, 11) is 3.90. The molecule has 0 saturated carbocycles. The average molecular weight is 1070 g/mol. The van der Waals surface area contributed by atoms with Crippen LogP contribution in [0.4, 0.5) is 4.79 Å². The highest BCUT2D eigenvalue weighted by molar-refractivity contribution is 8.13. The van der Waals surface area contributed by atoms with E-state index < -0.39 is 46.6 Å². The van der Waals surface area contributed by atoms with Gasteiger partial charge in [-0.1, -0.05) is 146 Å². The predicted octanol–water partition coefficient (Wildman–Crippen LogP) is 12.6. The highest BCUT2D eigenvalue weighted by Gasteiger charge is 2.35. The molecule has 0 radical (unpaired) electrons. The molecule has 0 aliphatic rings. The minimum atomic E-state index is -1.06. The zero-order valence-corrected chi connectivity index (χ0v) is 50.4. The van der Waals surface area contributed by atoms with Gasteiger partial charge in [0.05, 0.1) is 49.4 Å². The number of carbonyl (C=O) groups is 7. The van der Waals surface area contributed by atoms with Crippen molar-refractivity contribution in [1.29, 1.82) is 0 Å². The minimum absolute atomic E-state index is 0.0567. The van der Waals surface area contributed by atoms with E-state index >= 15 is 0 Å². The van der Waals surface area contributed by atoms with Gasteiger partial charge in [-0.25, -0.2) is 0 Å². The van der Waals surface area contributed by atoms with E-state index in [2.05, 4.69) is 27.7 Å². The van der Waals surface area contributed by atoms with Crippen LogP contribution < -0.4 is 0 Å². The Bertz CT molecular complexity index is 1500. The smallest absolute Gasteiger partial charge is 0.307 e. The summed E-state index contributed by atoms with van der Waals surface area (Å²) in [5, 5.41) is -0.316. The topological polar surface area (TPSA) is 181 Å². The molecule has 0 atom stereocenters. The number of rotatable bonds is 42. The van der Waals surface area contributed by atoms with Crippen LogP contribution in [0.1, 0.15) is 219 Å². The molecule has 0 saturated heterocycles. The van der Waals surface area contributed by atoms with Crippen molar-refractivity contribution in [2.45, 2.75) is 219 Å². The number of ether oxygens (including phenoxy) is 6. The number of thioether (sulfide) groups is 1. The molecule has 0 aromatic carbocycles. The van der Waals surface area contributed by atoms with E-state index in [4.69, 9.17) is 28.4 Å². The van der Waals surface area contributed by atoms with E-state index in [0.717, 1.165) is 102 Å². The standard InChI is InChI=1S/C58H106N2O13S/c1-17-21-28-53(5,6)36-48(63)70-42-57(13,43-71-49(64)37-54(7,8)29-22-18-2)40-68-46(61)26-33-60(52(67)74-35-25-32-59(15)16)34-27-47(62)69-41-58(14,44-72-50(65)38-55(9,10)30-23-19-3)45-73-51(66)39-56(11,12)31-24-20-4/h17-45H2,1-16H3. The molecule has 74 heavy (non-hydrogen) atoms. The Balaban J connectivity index is 6.15. The summed E-state index contributed by atoms with van der Waals surface area (Å²) in [6.07, 6.45) is 12.6. The fraction of sp³-hybridized carbons (Fsp3) is 0.879. The Morgan fingerprint density at radius 1 is 0.378 bits per heavy atom. The third kappa shape index (κ3) is 35.8. The number of unbranched alkanes of at least 4 members (excludes halogenated alkanes) is 4. The number of nitrogens with zero attached hydrogens (tertiary/aromatic N) is 2. The van der Waals surface area contributed by atoms with E-state index in [1.54, 1.807) is 13.8 Å². The molecule has 0 bridgehead atoms. The monoisotopic (exact) mass is 1070 g/mol. The molecular weight excluding hydrogens is 965 g/mol. The van der Waals surface area contributed by atoms with Crippen LogP contribution in [0.2, 0.25) is 0 Å². The number of amides is 1. The summed E-state index contributed by atoms with van der Waals surface area (Å²) in [6, 6.07) is 0. The van der Waals surface area contributed by atoms with Gasteiger partial charge in [0.2, 0.25) is 0 Å². The van der Waals surface area contributed by atoms with Crippen LogP contribution in [0.3, 0.4) is 0 Å². The normalized spacial score (nSPS) is 12.6. The zero-order chi connectivity index (χ0) is 56.7. The van der Waals surface area contributed by atoms with Crippen LogP contribution in [-0.4, -0.2) is 130 Å². The SMILES string of the molecule is CCCCC(C)(C)CC(=O)OCC(C)(COC(=O)CCN(CCC(=O)OCC(C)(COC(=O)CC(C)(C)CCCC)COC(=O)CC(C)(C)CCCC)C(=O)SCCCN(C)C)COC(=O)CC(C)(C)CCCC. The van der Waals surface area contributed by atoms with Gasteiger partial charge in [0.1, 0.15) is 39.6 Å². The summed E-state index contributed by atoms with van der Waals surface area (Å²) >= 11 is 1.10. The van der Waals surface area contributed by atoms with Crippen molar-refractivity contribution >= 4 is 52.8 Å². The van der Waals surface area contributed by atoms with Crippen molar-refractivity contribution in [2.75, 3.05) is 79.1 Å². The zero-order valence-electron chi connectivity index (χ0n) is 49.6. The van der Waals surface area contributed by atoms with E-state index in [9.17, 15) is 33.6 Å². The second kappa shape index (κ2) is 35.8. The third-order valence-electron chi connectivity index (χ3n) is 13.2. The molecule has 432 valence electrons. The Kier molecular flexibility index (Phi) is 34.2. The summed E-state index contributed by atoms with van der Waals surface area (Å²) in [5.41, 5.74) is -3.18. The quantitative estimate of drug-likeness (QED) is 0.0320. The van der Waals surface area contributed by atoms with Crippen molar-refractivity contribution in [3.8, 4) is 0 Å². The van der Waals surface area contributed by atoms with Crippen LogP contribution in [0.15, 0.2) is 0 Å². The van der Waals surface area contributed by atoms with Gasteiger partial charge < -0.3 is 38.2 Å². The molecule has 0 aliphatic carbocycles. The van der Waals surface area contributed by atoms with Crippen LogP contribution in [0.25, 0.3) is 0 Å². The minimum Gasteiger partial charge on any atom is -0.465 e. The number of hydrogen-bond acceptors (Lipinski definition) is 15. The summed E-state index contributed by atoms with van der Waals surface area (Å²) < 4.78 is 34.6. The van der Waals surface area contributed by atoms with E-state index in [1.807, 2.05) is 74.4 Å². The largest absolute Gasteiger partial charge is 0.465 e. The second-order valence-electron chi connectivity index (χ2n) is 25.1. The van der Waals surface area contributed by atoms with Gasteiger partial charge in [-0.3, -0.25) is 33.6 Å². The Morgan fingerprint density at radius 3 is 0.878 bits per heavy atom. The molecule has 0 fully saturated rings. The van der Waals surface area contributed by atoms with Crippen molar-refractivity contribution in [3.05, 3.63) is 0 Å². The third-order valence-corrected chi connectivity index (χ3v) is 14.2. The van der Waals surface area contributed by atoms with Crippen LogP contribution >= 0.6 is 11.8 Å². The summed E-state index contributed by atoms with van der Waals surface area (Å²) in [4.78, 5) is 96.4. The van der Waals surface area contributed by atoms with E-state index in [0.29, 0.717) is 5.75 Å². The summed E-state index contributed by atoms with van der Waals surface area (Å²) in [5.74, 6) is -2.30. The maximum absolute atomic E-state index is 13.6. The maximum atomic E-state index is 13.6. The fourth-order valence-electron chi connectivity index (χ4n) is 8.04. The Hall–Kier alpha value is -3.40. The molecule has 0 aliphatic heterocycles. The van der Waals surface area contributed by atoms with Crippen molar-refractivity contribution in [2.24, 2.45) is 32.5 Å².